The van der Waals surface area contributed by atoms with E-state index in [1.165, 1.54) is 5.56 Å². The van der Waals surface area contributed by atoms with Crippen molar-refractivity contribution in [3.05, 3.63) is 53.6 Å². The maximum absolute atomic E-state index is 11.6. The molecule has 88 valence electrons. The van der Waals surface area contributed by atoms with E-state index in [4.69, 9.17) is 0 Å². The molecule has 4 nitrogen and oxygen atoms in total. The van der Waals surface area contributed by atoms with Crippen LogP contribution in [0.2, 0.25) is 0 Å². The van der Waals surface area contributed by atoms with Crippen molar-refractivity contribution in [1.29, 1.82) is 0 Å². The topological polar surface area (TPSA) is 57.8 Å². The molecule has 0 aliphatic rings. The highest BCUT2D eigenvalue weighted by Crippen LogP contribution is 2.06. The molecule has 0 spiro atoms. The fraction of sp³-hybridized carbons (Fsp3) is 0.231. The van der Waals surface area contributed by atoms with Crippen LogP contribution in [0.1, 0.15) is 16.8 Å². The number of H-pyrrole nitrogens is 1. The van der Waals surface area contributed by atoms with Crippen molar-refractivity contribution in [2.24, 2.45) is 0 Å². The minimum atomic E-state index is -0.00231. The van der Waals surface area contributed by atoms with E-state index in [-0.39, 0.29) is 5.91 Å². The Morgan fingerprint density at radius 3 is 2.94 bits per heavy atom. The molecule has 2 rings (SSSR count). The Bertz CT molecular complexity index is 491. The largest absolute Gasteiger partial charge is 0.352 e. The first-order valence-electron chi connectivity index (χ1n) is 5.54. The molecular weight excluding hydrogens is 214 g/mol. The standard InChI is InChI=1S/C13H15N3O/c1-10-4-2-3-5-11(10)7-15-13(17)6-12-8-14-9-16-12/h2-5,8-9H,6-7H2,1H3,(H,14,16)(H,15,17). The third kappa shape index (κ3) is 3.17. The van der Waals surface area contributed by atoms with Crippen molar-refractivity contribution >= 4 is 5.91 Å². The first-order chi connectivity index (χ1) is 8.25. The first-order valence-corrected chi connectivity index (χ1v) is 5.54. The lowest BCUT2D eigenvalue weighted by Gasteiger charge is -2.07. The lowest BCUT2D eigenvalue weighted by molar-refractivity contribution is -0.120. The SMILES string of the molecule is Cc1ccccc1CNC(=O)Cc1cnc[nH]1. The van der Waals surface area contributed by atoms with Crippen LogP contribution in [-0.4, -0.2) is 15.9 Å². The number of carbonyl (C=O) groups is 1. The van der Waals surface area contributed by atoms with E-state index < -0.39 is 0 Å². The fourth-order valence-electron chi connectivity index (χ4n) is 1.62. The Labute approximate surface area is 100 Å². The molecule has 1 aromatic carbocycles. The molecule has 0 saturated heterocycles. The monoisotopic (exact) mass is 229 g/mol. The number of aromatic nitrogens is 2. The number of aromatic amines is 1. The summed E-state index contributed by atoms with van der Waals surface area (Å²) in [6.45, 7) is 2.61. The Kier molecular flexibility index (Phi) is 3.55. The normalized spacial score (nSPS) is 10.2. The van der Waals surface area contributed by atoms with Gasteiger partial charge in [0.2, 0.25) is 5.91 Å². The first kappa shape index (κ1) is 11.4. The molecule has 1 aromatic heterocycles. The number of hydrogen-bond donors (Lipinski definition) is 2. The van der Waals surface area contributed by atoms with Gasteiger partial charge in [-0.1, -0.05) is 24.3 Å². The van der Waals surface area contributed by atoms with Gasteiger partial charge >= 0.3 is 0 Å². The van der Waals surface area contributed by atoms with E-state index in [2.05, 4.69) is 15.3 Å². The summed E-state index contributed by atoms with van der Waals surface area (Å²) in [6, 6.07) is 8.02. The molecule has 0 unspecified atom stereocenters. The minimum absolute atomic E-state index is 0.00231. The summed E-state index contributed by atoms with van der Waals surface area (Å²) in [4.78, 5) is 18.4. The van der Waals surface area contributed by atoms with E-state index in [9.17, 15) is 4.79 Å². The Morgan fingerprint density at radius 1 is 1.41 bits per heavy atom. The number of aryl methyl sites for hydroxylation is 1. The average molecular weight is 229 g/mol. The summed E-state index contributed by atoms with van der Waals surface area (Å²) in [6.07, 6.45) is 3.57. The molecule has 1 heterocycles. The smallest absolute Gasteiger partial charge is 0.226 e. The van der Waals surface area contributed by atoms with Gasteiger partial charge in [0.1, 0.15) is 0 Å². The average Bonchev–Trinajstić information content (AvgIpc) is 2.81. The second kappa shape index (κ2) is 5.30. The van der Waals surface area contributed by atoms with Gasteiger partial charge < -0.3 is 10.3 Å². The van der Waals surface area contributed by atoms with E-state index in [0.29, 0.717) is 13.0 Å². The van der Waals surface area contributed by atoms with Crippen molar-refractivity contribution in [3.63, 3.8) is 0 Å². The molecule has 2 aromatic rings. The van der Waals surface area contributed by atoms with Crippen molar-refractivity contribution in [2.45, 2.75) is 19.9 Å². The molecule has 0 aliphatic carbocycles. The minimum Gasteiger partial charge on any atom is -0.352 e. The second-order valence-electron chi connectivity index (χ2n) is 3.96. The number of nitrogens with one attached hydrogen (secondary N) is 2. The maximum Gasteiger partial charge on any atom is 0.226 e. The van der Waals surface area contributed by atoms with Gasteiger partial charge in [-0.3, -0.25) is 4.79 Å². The van der Waals surface area contributed by atoms with Crippen molar-refractivity contribution in [2.75, 3.05) is 0 Å². The molecule has 17 heavy (non-hydrogen) atoms. The van der Waals surface area contributed by atoms with Gasteiger partial charge in [0.15, 0.2) is 0 Å². The van der Waals surface area contributed by atoms with Gasteiger partial charge in [-0.15, -0.1) is 0 Å². The third-order valence-electron chi connectivity index (χ3n) is 2.64. The summed E-state index contributed by atoms with van der Waals surface area (Å²) < 4.78 is 0. The maximum atomic E-state index is 11.6. The molecule has 1 amide bonds. The summed E-state index contributed by atoms with van der Waals surface area (Å²) in [5.41, 5.74) is 3.16. The molecule has 0 saturated carbocycles. The number of rotatable bonds is 4. The quantitative estimate of drug-likeness (QED) is 0.836. The van der Waals surface area contributed by atoms with E-state index in [1.807, 2.05) is 31.2 Å². The van der Waals surface area contributed by atoms with Crippen LogP contribution in [0.5, 0.6) is 0 Å². The highest BCUT2D eigenvalue weighted by atomic mass is 16.1. The van der Waals surface area contributed by atoms with Crippen molar-refractivity contribution < 1.29 is 4.79 Å². The lowest BCUT2D eigenvalue weighted by Crippen LogP contribution is -2.25. The van der Waals surface area contributed by atoms with Gasteiger partial charge in [0.05, 0.1) is 12.7 Å². The van der Waals surface area contributed by atoms with Crippen LogP contribution in [0.15, 0.2) is 36.8 Å². The third-order valence-corrected chi connectivity index (χ3v) is 2.64. The number of benzene rings is 1. The summed E-state index contributed by atoms with van der Waals surface area (Å²) in [7, 11) is 0. The Morgan fingerprint density at radius 2 is 2.24 bits per heavy atom. The van der Waals surface area contributed by atoms with E-state index >= 15 is 0 Å². The van der Waals surface area contributed by atoms with Crippen LogP contribution in [0.3, 0.4) is 0 Å². The Balaban J connectivity index is 1.86. The Hall–Kier alpha value is -2.10. The lowest BCUT2D eigenvalue weighted by atomic mass is 10.1. The highest BCUT2D eigenvalue weighted by molar-refractivity contribution is 5.78. The van der Waals surface area contributed by atoms with E-state index in [0.717, 1.165) is 11.3 Å². The predicted molar refractivity (Wildman–Crippen MR) is 65.3 cm³/mol. The van der Waals surface area contributed by atoms with Gasteiger partial charge in [-0.05, 0) is 18.1 Å². The van der Waals surface area contributed by atoms with Crippen LogP contribution in [0, 0.1) is 6.92 Å². The van der Waals surface area contributed by atoms with Crippen LogP contribution in [-0.2, 0) is 17.8 Å². The molecule has 0 radical (unpaired) electrons. The van der Waals surface area contributed by atoms with E-state index in [1.54, 1.807) is 12.5 Å². The molecule has 2 N–H and O–H groups in total. The van der Waals surface area contributed by atoms with Gasteiger partial charge in [-0.25, -0.2) is 4.98 Å². The van der Waals surface area contributed by atoms with Gasteiger partial charge in [0, 0.05) is 18.4 Å². The second-order valence-corrected chi connectivity index (χ2v) is 3.96. The van der Waals surface area contributed by atoms with Crippen LogP contribution >= 0.6 is 0 Å². The molecule has 0 atom stereocenters. The van der Waals surface area contributed by atoms with Crippen LogP contribution in [0.25, 0.3) is 0 Å². The zero-order chi connectivity index (χ0) is 12.1. The van der Waals surface area contributed by atoms with Crippen molar-refractivity contribution in [1.82, 2.24) is 15.3 Å². The number of imidazole rings is 1. The molecule has 4 heteroatoms. The fourth-order valence-corrected chi connectivity index (χ4v) is 1.62. The number of nitrogens with zero attached hydrogens (tertiary/aromatic N) is 1. The number of hydrogen-bond acceptors (Lipinski definition) is 2. The zero-order valence-corrected chi connectivity index (χ0v) is 9.73. The highest BCUT2D eigenvalue weighted by Gasteiger charge is 2.04. The van der Waals surface area contributed by atoms with Gasteiger partial charge in [-0.2, -0.15) is 0 Å². The number of amides is 1. The summed E-state index contributed by atoms with van der Waals surface area (Å²) >= 11 is 0. The summed E-state index contributed by atoms with van der Waals surface area (Å²) in [5.74, 6) is -0.00231. The zero-order valence-electron chi connectivity index (χ0n) is 9.73. The van der Waals surface area contributed by atoms with Crippen molar-refractivity contribution in [3.8, 4) is 0 Å². The van der Waals surface area contributed by atoms with Crippen LogP contribution < -0.4 is 5.32 Å². The molecule has 0 bridgehead atoms. The van der Waals surface area contributed by atoms with Crippen LogP contribution in [0.4, 0.5) is 0 Å². The summed E-state index contributed by atoms with van der Waals surface area (Å²) in [5, 5.41) is 2.89. The molecule has 0 aliphatic heterocycles. The molecule has 0 fully saturated rings. The number of carbonyl (C=O) groups excluding carboxylic acids is 1. The predicted octanol–water partition coefficient (Wildman–Crippen LogP) is 1.58. The molecular formula is C13H15N3O. The van der Waals surface area contributed by atoms with Gasteiger partial charge in [0.25, 0.3) is 0 Å².